The first-order valence-electron chi connectivity index (χ1n) is 9.16. The van der Waals surface area contributed by atoms with E-state index < -0.39 is 4.92 Å². The molecule has 4 aromatic rings. The summed E-state index contributed by atoms with van der Waals surface area (Å²) in [5, 5.41) is 16.3. The fourth-order valence-corrected chi connectivity index (χ4v) is 3.32. The normalized spacial score (nSPS) is 13.2. The Morgan fingerprint density at radius 1 is 1.27 bits per heavy atom. The van der Waals surface area contributed by atoms with Crippen molar-refractivity contribution in [3.05, 3.63) is 76.5 Å². The number of nitro groups is 1. The van der Waals surface area contributed by atoms with Crippen LogP contribution in [0.5, 0.6) is 0 Å². The summed E-state index contributed by atoms with van der Waals surface area (Å²) in [5.41, 5.74) is 3.01. The summed E-state index contributed by atoms with van der Waals surface area (Å²) in [7, 11) is 0. The van der Waals surface area contributed by atoms with Gasteiger partial charge in [-0.3, -0.25) is 10.1 Å². The SMILES string of the molecule is Cc1cccc(N(CC2=COCO2)c2nc3c4ccc([N+](=O)[O-])cc4ncn3n2)c1. The molecule has 0 unspecified atom stereocenters. The molecule has 1 aliphatic heterocycles. The molecule has 0 aliphatic carbocycles. The topological polar surface area (TPSA) is 108 Å². The van der Waals surface area contributed by atoms with Crippen molar-refractivity contribution in [3.63, 3.8) is 0 Å². The minimum Gasteiger partial charge on any atom is -0.462 e. The van der Waals surface area contributed by atoms with E-state index in [0.29, 0.717) is 34.8 Å². The highest BCUT2D eigenvalue weighted by Gasteiger charge is 2.21. The van der Waals surface area contributed by atoms with Gasteiger partial charge >= 0.3 is 0 Å². The molecule has 0 fully saturated rings. The molecule has 0 radical (unpaired) electrons. The van der Waals surface area contributed by atoms with Crippen LogP contribution in [0.15, 0.2) is 60.8 Å². The lowest BCUT2D eigenvalue weighted by molar-refractivity contribution is -0.384. The van der Waals surface area contributed by atoms with Crippen molar-refractivity contribution in [2.24, 2.45) is 0 Å². The van der Waals surface area contributed by atoms with Crippen molar-refractivity contribution in [2.45, 2.75) is 6.92 Å². The number of aryl methyl sites for hydroxylation is 1. The van der Waals surface area contributed by atoms with Gasteiger partial charge in [-0.1, -0.05) is 12.1 Å². The van der Waals surface area contributed by atoms with Crippen LogP contribution in [0.2, 0.25) is 0 Å². The van der Waals surface area contributed by atoms with E-state index in [-0.39, 0.29) is 12.5 Å². The molecular formula is C20H16N6O4. The number of anilines is 2. The van der Waals surface area contributed by atoms with Crippen LogP contribution in [-0.4, -0.2) is 37.8 Å². The first-order valence-corrected chi connectivity index (χ1v) is 9.16. The van der Waals surface area contributed by atoms with E-state index in [9.17, 15) is 10.1 Å². The Morgan fingerprint density at radius 3 is 2.93 bits per heavy atom. The molecule has 0 saturated carbocycles. The number of hydrogen-bond acceptors (Lipinski definition) is 8. The summed E-state index contributed by atoms with van der Waals surface area (Å²) in [5.74, 6) is 1.11. The monoisotopic (exact) mass is 404 g/mol. The first-order chi connectivity index (χ1) is 14.6. The molecule has 5 rings (SSSR count). The van der Waals surface area contributed by atoms with Gasteiger partial charge in [-0.05, 0) is 30.7 Å². The number of nitro benzene ring substituents is 1. The lowest BCUT2D eigenvalue weighted by Gasteiger charge is -2.21. The molecule has 0 atom stereocenters. The van der Waals surface area contributed by atoms with E-state index in [4.69, 9.17) is 14.5 Å². The number of aromatic nitrogens is 4. The van der Waals surface area contributed by atoms with Gasteiger partial charge in [-0.25, -0.2) is 4.98 Å². The number of benzene rings is 2. The Morgan fingerprint density at radius 2 is 2.17 bits per heavy atom. The molecule has 30 heavy (non-hydrogen) atoms. The molecule has 3 heterocycles. The summed E-state index contributed by atoms with van der Waals surface area (Å²) in [6.07, 6.45) is 3.08. The number of rotatable bonds is 5. The lowest BCUT2D eigenvalue weighted by atomic mass is 10.2. The fourth-order valence-electron chi connectivity index (χ4n) is 3.32. The molecule has 0 N–H and O–H groups in total. The molecule has 10 heteroatoms. The van der Waals surface area contributed by atoms with Crippen molar-refractivity contribution in [3.8, 4) is 0 Å². The highest BCUT2D eigenvalue weighted by atomic mass is 16.7. The van der Waals surface area contributed by atoms with Crippen LogP contribution in [0.4, 0.5) is 17.3 Å². The van der Waals surface area contributed by atoms with Crippen molar-refractivity contribution in [2.75, 3.05) is 18.2 Å². The molecule has 0 amide bonds. The van der Waals surface area contributed by atoms with Crippen LogP contribution in [0, 0.1) is 17.0 Å². The van der Waals surface area contributed by atoms with E-state index in [0.717, 1.165) is 11.3 Å². The third-order valence-electron chi connectivity index (χ3n) is 4.76. The second-order valence-electron chi connectivity index (χ2n) is 6.82. The number of hydrogen-bond donors (Lipinski definition) is 0. The van der Waals surface area contributed by atoms with Crippen LogP contribution < -0.4 is 4.90 Å². The highest BCUT2D eigenvalue weighted by Crippen LogP contribution is 2.28. The maximum Gasteiger partial charge on any atom is 0.271 e. The van der Waals surface area contributed by atoms with Gasteiger partial charge in [-0.2, -0.15) is 9.50 Å². The van der Waals surface area contributed by atoms with Gasteiger partial charge in [0, 0.05) is 23.2 Å². The lowest BCUT2D eigenvalue weighted by Crippen LogP contribution is -2.21. The van der Waals surface area contributed by atoms with Gasteiger partial charge in [-0.15, -0.1) is 5.10 Å². The molecule has 150 valence electrons. The minimum absolute atomic E-state index is 0.0224. The largest absolute Gasteiger partial charge is 0.462 e. The predicted molar refractivity (Wildman–Crippen MR) is 108 cm³/mol. The summed E-state index contributed by atoms with van der Waals surface area (Å²) in [4.78, 5) is 21.5. The summed E-state index contributed by atoms with van der Waals surface area (Å²) in [6.45, 7) is 2.58. The van der Waals surface area contributed by atoms with Crippen molar-refractivity contribution >= 4 is 33.9 Å². The Labute approximate surface area is 170 Å². The van der Waals surface area contributed by atoms with Gasteiger partial charge in [0.05, 0.1) is 17.0 Å². The Kier molecular flexibility index (Phi) is 4.16. The molecule has 0 spiro atoms. The number of fused-ring (bicyclic) bond motifs is 3. The smallest absolute Gasteiger partial charge is 0.271 e. The second-order valence-corrected chi connectivity index (χ2v) is 6.82. The van der Waals surface area contributed by atoms with E-state index in [1.165, 1.54) is 18.5 Å². The Hall–Kier alpha value is -4.21. The van der Waals surface area contributed by atoms with Gasteiger partial charge in [0.25, 0.3) is 11.6 Å². The Bertz CT molecular complexity index is 1320. The van der Waals surface area contributed by atoms with Gasteiger partial charge in [0.2, 0.25) is 6.79 Å². The third-order valence-corrected chi connectivity index (χ3v) is 4.76. The van der Waals surface area contributed by atoms with Crippen LogP contribution in [0.3, 0.4) is 0 Å². The Balaban J connectivity index is 1.63. The van der Waals surface area contributed by atoms with Crippen LogP contribution in [-0.2, 0) is 9.47 Å². The average molecular weight is 404 g/mol. The van der Waals surface area contributed by atoms with Crippen molar-refractivity contribution in [1.82, 2.24) is 19.6 Å². The molecule has 1 aliphatic rings. The summed E-state index contributed by atoms with van der Waals surface area (Å²) >= 11 is 0. The molecule has 2 aromatic carbocycles. The predicted octanol–water partition coefficient (Wildman–Crippen LogP) is 3.48. The molecule has 0 bridgehead atoms. The van der Waals surface area contributed by atoms with Crippen LogP contribution >= 0.6 is 0 Å². The van der Waals surface area contributed by atoms with Crippen molar-refractivity contribution < 1.29 is 14.4 Å². The van der Waals surface area contributed by atoms with E-state index in [1.54, 1.807) is 16.8 Å². The first kappa shape index (κ1) is 17.9. The zero-order valence-corrected chi connectivity index (χ0v) is 15.9. The van der Waals surface area contributed by atoms with Gasteiger partial charge in [0.15, 0.2) is 11.4 Å². The number of ether oxygens (including phenoxy) is 2. The zero-order valence-electron chi connectivity index (χ0n) is 15.9. The molecule has 2 aromatic heterocycles. The maximum absolute atomic E-state index is 11.1. The summed E-state index contributed by atoms with van der Waals surface area (Å²) in [6, 6.07) is 12.5. The quantitative estimate of drug-likeness (QED) is 0.367. The van der Waals surface area contributed by atoms with Crippen molar-refractivity contribution in [1.29, 1.82) is 0 Å². The number of nitrogens with zero attached hydrogens (tertiary/aromatic N) is 6. The zero-order chi connectivity index (χ0) is 20.7. The number of non-ortho nitro benzene ring substituents is 1. The van der Waals surface area contributed by atoms with Crippen LogP contribution in [0.1, 0.15) is 5.56 Å². The van der Waals surface area contributed by atoms with E-state index >= 15 is 0 Å². The molecule has 10 nitrogen and oxygen atoms in total. The van der Waals surface area contributed by atoms with E-state index in [2.05, 4.69) is 10.1 Å². The standard InChI is InChI=1S/C20H16N6O4/c1-13-3-2-4-14(7-13)24(9-16-10-29-12-30-16)20-22-19-17-6-5-15(26(27)28)8-18(17)21-11-25(19)23-20/h2-8,10-11H,9,12H2,1H3. The average Bonchev–Trinajstić information content (AvgIpc) is 3.41. The second kappa shape index (κ2) is 6.99. The van der Waals surface area contributed by atoms with Gasteiger partial charge in [0.1, 0.15) is 12.6 Å². The molecular weight excluding hydrogens is 388 g/mol. The maximum atomic E-state index is 11.1. The summed E-state index contributed by atoms with van der Waals surface area (Å²) < 4.78 is 12.2. The van der Waals surface area contributed by atoms with Gasteiger partial charge < -0.3 is 14.4 Å². The minimum atomic E-state index is -0.447. The highest BCUT2D eigenvalue weighted by molar-refractivity contribution is 5.92. The molecule has 0 saturated heterocycles. The fraction of sp³-hybridized carbons (Fsp3) is 0.150. The van der Waals surface area contributed by atoms with E-state index in [1.807, 2.05) is 36.1 Å². The van der Waals surface area contributed by atoms with Crippen LogP contribution in [0.25, 0.3) is 16.6 Å². The third kappa shape index (κ3) is 3.13.